The maximum Gasteiger partial charge on any atom is 0.347 e. The molecule has 0 aromatic carbocycles. The van der Waals surface area contributed by atoms with Gasteiger partial charge < -0.3 is 20.1 Å². The Morgan fingerprint density at radius 1 is 1.53 bits per heavy atom. The second-order valence-electron chi connectivity index (χ2n) is 3.90. The monoisotopic (exact) mass is 287 g/mol. The number of methoxy groups -OCH3 is 1. The number of ether oxygens (including phenoxy) is 1. The summed E-state index contributed by atoms with van der Waals surface area (Å²) in [5.74, 6) is -0.996. The van der Waals surface area contributed by atoms with Gasteiger partial charge in [-0.3, -0.25) is 0 Å². The molecule has 1 heterocycles. The summed E-state index contributed by atoms with van der Waals surface area (Å²) >= 11 is 1.07. The number of hydrogen-bond acceptors (Lipinski definition) is 5. The Morgan fingerprint density at radius 2 is 2.21 bits per heavy atom. The van der Waals surface area contributed by atoms with Crippen LogP contribution in [0.3, 0.4) is 0 Å². The molecule has 0 aliphatic rings. The molecule has 1 aromatic rings. The molecule has 0 fully saturated rings. The van der Waals surface area contributed by atoms with Crippen molar-refractivity contribution < 1.29 is 19.4 Å². The number of urea groups is 1. The third-order valence-electron chi connectivity index (χ3n) is 2.40. The molecule has 0 aliphatic carbocycles. The lowest BCUT2D eigenvalue weighted by Crippen LogP contribution is -2.38. The Bertz CT molecular complexity index is 461. The highest BCUT2D eigenvalue weighted by Gasteiger charge is 2.15. The van der Waals surface area contributed by atoms with E-state index in [2.05, 4.69) is 10.3 Å². The van der Waals surface area contributed by atoms with E-state index in [1.807, 2.05) is 0 Å². The molecular formula is C11H17N3O4S. The topological polar surface area (TPSA) is 91.8 Å². The summed E-state index contributed by atoms with van der Waals surface area (Å²) in [6.07, 6.45) is 0. The van der Waals surface area contributed by atoms with Crippen LogP contribution in [0.2, 0.25) is 0 Å². The fourth-order valence-corrected chi connectivity index (χ4v) is 2.19. The van der Waals surface area contributed by atoms with Crippen LogP contribution in [0.25, 0.3) is 0 Å². The molecular weight excluding hydrogens is 270 g/mol. The molecule has 0 atom stereocenters. The third-order valence-corrected chi connectivity index (χ3v) is 3.55. The smallest absolute Gasteiger partial charge is 0.347 e. The van der Waals surface area contributed by atoms with Crippen LogP contribution < -0.4 is 5.32 Å². The number of aromatic nitrogens is 1. The number of carboxylic acid groups (broad SMARTS) is 1. The minimum atomic E-state index is -0.996. The van der Waals surface area contributed by atoms with Crippen LogP contribution in [0.4, 0.5) is 4.79 Å². The lowest BCUT2D eigenvalue weighted by atomic mass is 10.4. The molecule has 0 saturated carbocycles. The van der Waals surface area contributed by atoms with Gasteiger partial charge >= 0.3 is 12.0 Å². The Labute approximate surface area is 115 Å². The molecule has 8 heteroatoms. The van der Waals surface area contributed by atoms with E-state index in [0.29, 0.717) is 23.9 Å². The first-order chi connectivity index (χ1) is 8.95. The van der Waals surface area contributed by atoms with Crippen LogP contribution >= 0.6 is 11.3 Å². The lowest BCUT2D eigenvalue weighted by Gasteiger charge is -2.16. The van der Waals surface area contributed by atoms with Gasteiger partial charge in [0.2, 0.25) is 0 Å². The van der Waals surface area contributed by atoms with E-state index in [0.717, 1.165) is 11.3 Å². The van der Waals surface area contributed by atoms with E-state index in [4.69, 9.17) is 9.84 Å². The predicted molar refractivity (Wildman–Crippen MR) is 70.6 cm³/mol. The number of amides is 2. The van der Waals surface area contributed by atoms with Crippen LogP contribution in [-0.2, 0) is 11.3 Å². The van der Waals surface area contributed by atoms with Crippen LogP contribution in [0.5, 0.6) is 0 Å². The second kappa shape index (κ2) is 7.05. The normalized spacial score (nSPS) is 10.3. The number of nitrogens with zero attached hydrogens (tertiary/aromatic N) is 2. The number of carbonyl (C=O) groups is 2. The number of thiazole rings is 1. The van der Waals surface area contributed by atoms with Crippen LogP contribution in [-0.4, -0.2) is 54.3 Å². The Hall–Kier alpha value is -1.67. The Balaban J connectivity index is 2.50. The van der Waals surface area contributed by atoms with Crippen LogP contribution in [0.1, 0.15) is 20.4 Å². The molecule has 7 nitrogen and oxygen atoms in total. The van der Waals surface area contributed by atoms with Gasteiger partial charge in [0.25, 0.3) is 0 Å². The molecule has 2 N–H and O–H groups in total. The average molecular weight is 287 g/mol. The number of likely N-dealkylation sites (N-methyl/N-ethyl adjacent to an activating group) is 1. The summed E-state index contributed by atoms with van der Waals surface area (Å²) < 4.78 is 4.87. The zero-order valence-electron chi connectivity index (χ0n) is 11.1. The van der Waals surface area contributed by atoms with E-state index in [1.165, 1.54) is 4.90 Å². The van der Waals surface area contributed by atoms with Gasteiger partial charge in [-0.25, -0.2) is 14.6 Å². The molecule has 1 aromatic heterocycles. The van der Waals surface area contributed by atoms with Crippen molar-refractivity contribution in [2.24, 2.45) is 0 Å². The number of aromatic carboxylic acids is 1. The maximum atomic E-state index is 11.7. The molecule has 0 saturated heterocycles. The lowest BCUT2D eigenvalue weighted by molar-refractivity contribution is 0.0701. The van der Waals surface area contributed by atoms with E-state index in [1.54, 1.807) is 21.1 Å². The molecule has 0 radical (unpaired) electrons. The fraction of sp³-hybridized carbons (Fsp3) is 0.545. The SMILES string of the molecule is COCCN(C)C(=O)NCc1nc(C)c(C(=O)O)s1. The standard InChI is InChI=1S/C11H17N3O4S/c1-7-9(10(15)16)19-8(13-7)6-12-11(17)14(2)4-5-18-3/h4-6H2,1-3H3,(H,12,17)(H,15,16). The van der Waals surface area contributed by atoms with Gasteiger partial charge in [0.05, 0.1) is 18.8 Å². The van der Waals surface area contributed by atoms with Crippen LogP contribution in [0.15, 0.2) is 0 Å². The van der Waals surface area contributed by atoms with Crippen molar-refractivity contribution in [1.82, 2.24) is 15.2 Å². The molecule has 1 rings (SSSR count). The van der Waals surface area contributed by atoms with Crippen molar-refractivity contribution in [2.75, 3.05) is 27.3 Å². The van der Waals surface area contributed by atoms with Crippen molar-refractivity contribution in [3.05, 3.63) is 15.6 Å². The predicted octanol–water partition coefficient (Wildman–Crippen LogP) is 0.938. The molecule has 0 spiro atoms. The van der Waals surface area contributed by atoms with Gasteiger partial charge in [0, 0.05) is 20.7 Å². The highest BCUT2D eigenvalue weighted by Crippen LogP contribution is 2.17. The second-order valence-corrected chi connectivity index (χ2v) is 4.98. The fourth-order valence-electron chi connectivity index (χ4n) is 1.34. The molecule has 2 amide bonds. The van der Waals surface area contributed by atoms with Crippen molar-refractivity contribution in [1.29, 1.82) is 0 Å². The van der Waals surface area contributed by atoms with Gasteiger partial charge in [-0.1, -0.05) is 0 Å². The first-order valence-electron chi connectivity index (χ1n) is 5.63. The van der Waals surface area contributed by atoms with Gasteiger partial charge in [-0.2, -0.15) is 0 Å². The number of rotatable bonds is 6. The maximum absolute atomic E-state index is 11.7. The number of hydrogen-bond donors (Lipinski definition) is 2. The minimum Gasteiger partial charge on any atom is -0.477 e. The Kier molecular flexibility index (Phi) is 5.71. The van der Waals surface area contributed by atoms with Crippen LogP contribution in [0, 0.1) is 6.92 Å². The minimum absolute atomic E-state index is 0.206. The first kappa shape index (κ1) is 15.4. The molecule has 0 bridgehead atoms. The summed E-state index contributed by atoms with van der Waals surface area (Å²) in [4.78, 5) is 28.3. The highest BCUT2D eigenvalue weighted by molar-refractivity contribution is 7.13. The van der Waals surface area contributed by atoms with E-state index in [9.17, 15) is 9.59 Å². The van der Waals surface area contributed by atoms with Crippen molar-refractivity contribution in [2.45, 2.75) is 13.5 Å². The third kappa shape index (κ3) is 4.49. The number of carbonyl (C=O) groups excluding carboxylic acids is 1. The zero-order chi connectivity index (χ0) is 14.4. The molecule has 0 unspecified atom stereocenters. The summed E-state index contributed by atoms with van der Waals surface area (Å²) in [6, 6.07) is -0.248. The summed E-state index contributed by atoms with van der Waals surface area (Å²) in [5.41, 5.74) is 0.467. The number of carboxylic acids is 1. The quantitative estimate of drug-likeness (QED) is 0.812. The summed E-state index contributed by atoms with van der Waals surface area (Å²) in [5, 5.41) is 12.1. The average Bonchev–Trinajstić information content (AvgIpc) is 2.74. The Morgan fingerprint density at radius 3 is 2.74 bits per heavy atom. The first-order valence-corrected chi connectivity index (χ1v) is 6.44. The molecule has 0 aliphatic heterocycles. The van der Waals surface area contributed by atoms with E-state index >= 15 is 0 Å². The number of nitrogens with one attached hydrogen (secondary N) is 1. The summed E-state index contributed by atoms with van der Waals surface area (Å²) in [6.45, 7) is 2.80. The van der Waals surface area contributed by atoms with Crippen molar-refractivity contribution in [3.8, 4) is 0 Å². The van der Waals surface area contributed by atoms with Gasteiger partial charge in [0.15, 0.2) is 0 Å². The molecule has 106 valence electrons. The van der Waals surface area contributed by atoms with Crippen molar-refractivity contribution >= 4 is 23.3 Å². The van der Waals surface area contributed by atoms with Gasteiger partial charge in [-0.15, -0.1) is 11.3 Å². The molecule has 19 heavy (non-hydrogen) atoms. The summed E-state index contributed by atoms with van der Waals surface area (Å²) in [7, 11) is 3.22. The van der Waals surface area contributed by atoms with Gasteiger partial charge in [0.1, 0.15) is 9.88 Å². The zero-order valence-corrected chi connectivity index (χ0v) is 11.9. The highest BCUT2D eigenvalue weighted by atomic mass is 32.1. The largest absolute Gasteiger partial charge is 0.477 e. The van der Waals surface area contributed by atoms with E-state index in [-0.39, 0.29) is 17.5 Å². The van der Waals surface area contributed by atoms with E-state index < -0.39 is 5.97 Å². The number of aryl methyl sites for hydroxylation is 1. The van der Waals surface area contributed by atoms with Gasteiger partial charge in [-0.05, 0) is 6.92 Å². The van der Waals surface area contributed by atoms with Crippen molar-refractivity contribution in [3.63, 3.8) is 0 Å².